The average Bonchev–Trinajstić information content (AvgIpc) is 3.69. The first-order valence-electron chi connectivity index (χ1n) is 15.9. The molecule has 2 saturated heterocycles. The van der Waals surface area contributed by atoms with Crippen molar-refractivity contribution in [3.63, 3.8) is 0 Å². The number of hydrogen-bond donors (Lipinski definition) is 1. The second kappa shape index (κ2) is 11.6. The van der Waals surface area contributed by atoms with Gasteiger partial charge in [0.25, 0.3) is 5.91 Å². The van der Waals surface area contributed by atoms with Gasteiger partial charge < -0.3 is 24.8 Å². The molecule has 2 atom stereocenters. The molecule has 44 heavy (non-hydrogen) atoms. The Kier molecular flexibility index (Phi) is 7.66. The number of halogens is 1. The van der Waals surface area contributed by atoms with Crippen LogP contribution in [0.3, 0.4) is 0 Å². The number of aryl methyl sites for hydroxylation is 1. The molecular weight excluding hydrogens is 559 g/mol. The fourth-order valence-corrected chi connectivity index (χ4v) is 7.25. The van der Waals surface area contributed by atoms with E-state index in [-0.39, 0.29) is 37.4 Å². The number of alkyl halides is 1. The first kappa shape index (κ1) is 29.0. The van der Waals surface area contributed by atoms with Crippen molar-refractivity contribution in [1.29, 1.82) is 0 Å². The van der Waals surface area contributed by atoms with Gasteiger partial charge in [0.05, 0.1) is 28.8 Å². The first-order chi connectivity index (χ1) is 21.3. The number of likely N-dealkylation sites (tertiary alicyclic amines) is 2. The molecule has 5 heterocycles. The van der Waals surface area contributed by atoms with Gasteiger partial charge >= 0.3 is 0 Å². The number of pyridine rings is 1. The Labute approximate surface area is 256 Å². The molecule has 7 rings (SSSR count). The Morgan fingerprint density at radius 3 is 2.59 bits per heavy atom. The van der Waals surface area contributed by atoms with Gasteiger partial charge in [-0.25, -0.2) is 8.91 Å². The summed E-state index contributed by atoms with van der Waals surface area (Å²) in [5, 5.41) is 6.24. The van der Waals surface area contributed by atoms with Crippen LogP contribution in [0.5, 0.6) is 0 Å². The molecule has 2 aliphatic heterocycles. The molecule has 0 unspecified atom stereocenters. The van der Waals surface area contributed by atoms with Crippen LogP contribution in [0.2, 0.25) is 0 Å². The number of ether oxygens (including phenoxy) is 1. The smallest absolute Gasteiger partial charge is 0.255 e. The van der Waals surface area contributed by atoms with Crippen molar-refractivity contribution in [3.8, 4) is 11.4 Å². The molecule has 3 fully saturated rings. The number of para-hydroxylation sites is 1. The monoisotopic (exact) mass is 600 g/mol. The van der Waals surface area contributed by atoms with E-state index in [1.54, 1.807) is 17.8 Å². The second-order valence-electron chi connectivity index (χ2n) is 13.0. The third-order valence-corrected chi connectivity index (χ3v) is 9.73. The molecule has 2 amide bonds. The van der Waals surface area contributed by atoms with E-state index in [1.807, 2.05) is 17.0 Å². The lowest BCUT2D eigenvalue weighted by Crippen LogP contribution is -2.50. The van der Waals surface area contributed by atoms with Gasteiger partial charge in [0.1, 0.15) is 18.5 Å². The SMILES string of the molecule is COCC(=O)N1CCC(c2cccc3cc(-c4nn5cc(C(=O)N6C[C@H](N)C[C@@H](F)C6)ccc5c4C)n(CC4CC4)c23)CC1. The third-order valence-electron chi connectivity index (χ3n) is 9.73. The zero-order chi connectivity index (χ0) is 30.5. The van der Waals surface area contributed by atoms with E-state index in [4.69, 9.17) is 15.6 Å². The number of nitrogens with zero attached hydrogens (tertiary/aromatic N) is 5. The predicted octanol–water partition coefficient (Wildman–Crippen LogP) is 4.54. The fraction of sp³-hybridized carbons (Fsp3) is 0.500. The highest BCUT2D eigenvalue weighted by atomic mass is 19.1. The lowest BCUT2D eigenvalue weighted by molar-refractivity contribution is -0.136. The summed E-state index contributed by atoms with van der Waals surface area (Å²) in [6, 6.07) is 12.2. The quantitative estimate of drug-likeness (QED) is 0.336. The van der Waals surface area contributed by atoms with Crippen molar-refractivity contribution in [1.82, 2.24) is 24.0 Å². The predicted molar refractivity (Wildman–Crippen MR) is 167 cm³/mol. The molecule has 2 N–H and O–H groups in total. The highest BCUT2D eigenvalue weighted by Crippen LogP contribution is 2.41. The summed E-state index contributed by atoms with van der Waals surface area (Å²) in [6.45, 7) is 5.06. The number of fused-ring (bicyclic) bond motifs is 2. The minimum atomic E-state index is -1.10. The molecule has 1 aliphatic carbocycles. The molecule has 232 valence electrons. The van der Waals surface area contributed by atoms with Gasteiger partial charge in [-0.15, -0.1) is 0 Å². The molecule has 0 radical (unpaired) electrons. The number of piperidine rings is 2. The zero-order valence-electron chi connectivity index (χ0n) is 25.5. The minimum absolute atomic E-state index is 0.0573. The van der Waals surface area contributed by atoms with Crippen LogP contribution in [0.25, 0.3) is 27.8 Å². The molecule has 3 aliphatic rings. The minimum Gasteiger partial charge on any atom is -0.375 e. The highest BCUT2D eigenvalue weighted by Gasteiger charge is 2.31. The van der Waals surface area contributed by atoms with Gasteiger partial charge in [-0.05, 0) is 74.6 Å². The van der Waals surface area contributed by atoms with Gasteiger partial charge in [0.15, 0.2) is 0 Å². The van der Waals surface area contributed by atoms with Crippen LogP contribution in [-0.2, 0) is 16.1 Å². The standard InChI is InChI=1S/C34H41FN6O3/c1-21-29-9-8-25(34(43)39-18-26(35)15-27(36)19-39)17-41(29)37-32(21)30-14-24-4-3-5-28(33(24)40(30)16-22-6-7-22)23-10-12-38(13-11-23)31(42)20-44-2/h3-5,8-9,14,17,22-23,26-27H,6-7,10-13,15-16,18-20,36H2,1-2H3/t26-,27-/m1/s1. The normalized spacial score (nSPS) is 21.5. The van der Waals surface area contributed by atoms with E-state index in [2.05, 4.69) is 35.8 Å². The number of carbonyl (C=O) groups is 2. The van der Waals surface area contributed by atoms with E-state index in [0.717, 1.165) is 54.9 Å². The number of amides is 2. The molecule has 0 spiro atoms. The van der Waals surface area contributed by atoms with Crippen LogP contribution in [0.4, 0.5) is 4.39 Å². The number of methoxy groups -OCH3 is 1. The number of hydrogen-bond acceptors (Lipinski definition) is 5. The van der Waals surface area contributed by atoms with Crippen LogP contribution in [0.15, 0.2) is 42.6 Å². The van der Waals surface area contributed by atoms with Crippen molar-refractivity contribution < 1.29 is 18.7 Å². The van der Waals surface area contributed by atoms with Crippen molar-refractivity contribution in [2.75, 3.05) is 39.9 Å². The Balaban J connectivity index is 1.24. The Hall–Kier alpha value is -3.76. The van der Waals surface area contributed by atoms with Gasteiger partial charge in [-0.2, -0.15) is 5.10 Å². The summed E-state index contributed by atoms with van der Waals surface area (Å²) in [5.74, 6) is 0.861. The van der Waals surface area contributed by atoms with E-state index in [9.17, 15) is 14.0 Å². The van der Waals surface area contributed by atoms with E-state index >= 15 is 0 Å². The number of aromatic nitrogens is 3. The van der Waals surface area contributed by atoms with Crippen molar-refractivity contribution in [2.45, 2.75) is 63.7 Å². The number of benzene rings is 1. The maximum absolute atomic E-state index is 14.2. The third kappa shape index (κ3) is 5.38. The lowest BCUT2D eigenvalue weighted by atomic mass is 9.88. The summed E-state index contributed by atoms with van der Waals surface area (Å²) in [5.41, 5.74) is 13.1. The summed E-state index contributed by atoms with van der Waals surface area (Å²) < 4.78 is 23.5. The first-order valence-corrected chi connectivity index (χ1v) is 15.9. The number of nitrogens with two attached hydrogens (primary N) is 1. The number of carbonyl (C=O) groups excluding carboxylic acids is 2. The second-order valence-corrected chi connectivity index (χ2v) is 13.0. The number of rotatable bonds is 7. The van der Waals surface area contributed by atoms with Crippen molar-refractivity contribution in [2.24, 2.45) is 11.7 Å². The lowest BCUT2D eigenvalue weighted by Gasteiger charge is -2.32. The van der Waals surface area contributed by atoms with E-state index < -0.39 is 6.17 Å². The maximum atomic E-state index is 14.2. The van der Waals surface area contributed by atoms with E-state index in [1.165, 1.54) is 34.2 Å². The van der Waals surface area contributed by atoms with Gasteiger partial charge in [-0.1, -0.05) is 18.2 Å². The van der Waals surface area contributed by atoms with Gasteiger partial charge in [0.2, 0.25) is 5.91 Å². The Morgan fingerprint density at radius 2 is 1.86 bits per heavy atom. The topological polar surface area (TPSA) is 98.1 Å². The fourth-order valence-electron chi connectivity index (χ4n) is 7.25. The molecule has 3 aromatic heterocycles. The van der Waals surface area contributed by atoms with Crippen LogP contribution < -0.4 is 5.73 Å². The Morgan fingerprint density at radius 1 is 1.07 bits per heavy atom. The summed E-state index contributed by atoms with van der Waals surface area (Å²) in [4.78, 5) is 29.2. The Bertz CT molecular complexity index is 1710. The van der Waals surface area contributed by atoms with Crippen molar-refractivity contribution >= 4 is 28.2 Å². The average molecular weight is 601 g/mol. The van der Waals surface area contributed by atoms with Crippen molar-refractivity contribution in [3.05, 3.63) is 59.3 Å². The summed E-state index contributed by atoms with van der Waals surface area (Å²) >= 11 is 0. The zero-order valence-corrected chi connectivity index (χ0v) is 25.5. The largest absolute Gasteiger partial charge is 0.375 e. The molecule has 10 heteroatoms. The van der Waals surface area contributed by atoms with Crippen LogP contribution >= 0.6 is 0 Å². The molecule has 1 aromatic carbocycles. The highest BCUT2D eigenvalue weighted by molar-refractivity contribution is 5.95. The van der Waals surface area contributed by atoms with Gasteiger partial charge in [-0.3, -0.25) is 9.59 Å². The van der Waals surface area contributed by atoms with Gasteiger partial charge in [0, 0.05) is 56.5 Å². The molecule has 1 saturated carbocycles. The van der Waals surface area contributed by atoms with Crippen LogP contribution in [-0.4, -0.2) is 87.9 Å². The molecule has 0 bridgehead atoms. The molecule has 9 nitrogen and oxygen atoms in total. The summed E-state index contributed by atoms with van der Waals surface area (Å²) in [6.07, 6.45) is 5.26. The maximum Gasteiger partial charge on any atom is 0.255 e. The molecular formula is C34H41FN6O3. The summed E-state index contributed by atoms with van der Waals surface area (Å²) in [7, 11) is 1.56. The van der Waals surface area contributed by atoms with Crippen LogP contribution in [0.1, 0.15) is 59.5 Å². The molecule has 4 aromatic rings. The van der Waals surface area contributed by atoms with Crippen LogP contribution in [0, 0.1) is 12.8 Å². The van der Waals surface area contributed by atoms with E-state index in [0.29, 0.717) is 23.9 Å².